The second kappa shape index (κ2) is 7.98. The fourth-order valence-electron chi connectivity index (χ4n) is 3.27. The summed E-state index contributed by atoms with van der Waals surface area (Å²) in [6, 6.07) is 3.63. The molecule has 2 unspecified atom stereocenters. The highest BCUT2D eigenvalue weighted by Gasteiger charge is 2.29. The van der Waals surface area contributed by atoms with Gasteiger partial charge in [-0.25, -0.2) is 9.97 Å². The lowest BCUT2D eigenvalue weighted by Gasteiger charge is -2.18. The number of halogens is 1. The normalized spacial score (nSPS) is 17.8. The first-order valence-electron chi connectivity index (χ1n) is 8.99. The number of hydrogen-bond acceptors (Lipinski definition) is 7. The summed E-state index contributed by atoms with van der Waals surface area (Å²) in [5.41, 5.74) is 2.09. The van der Waals surface area contributed by atoms with Gasteiger partial charge >= 0.3 is 0 Å². The third-order valence-electron chi connectivity index (χ3n) is 4.84. The van der Waals surface area contributed by atoms with Crippen LogP contribution in [0.3, 0.4) is 0 Å². The summed E-state index contributed by atoms with van der Waals surface area (Å²) >= 11 is 7.51. The van der Waals surface area contributed by atoms with Crippen molar-refractivity contribution in [3.63, 3.8) is 0 Å². The van der Waals surface area contributed by atoms with Crippen molar-refractivity contribution in [2.45, 2.75) is 25.5 Å². The Labute approximate surface area is 171 Å². The van der Waals surface area contributed by atoms with Gasteiger partial charge in [0.25, 0.3) is 5.91 Å². The van der Waals surface area contributed by atoms with E-state index in [1.165, 1.54) is 11.3 Å². The minimum absolute atomic E-state index is 0.0811. The Morgan fingerprint density at radius 3 is 3.04 bits per heavy atom. The molecule has 9 heteroatoms. The maximum absolute atomic E-state index is 13.1. The van der Waals surface area contributed by atoms with Crippen LogP contribution in [0.1, 0.15) is 35.4 Å². The Morgan fingerprint density at radius 2 is 2.29 bits per heavy atom. The number of amides is 1. The summed E-state index contributed by atoms with van der Waals surface area (Å²) < 4.78 is 6.18. The Balaban J connectivity index is 1.63. The number of thiophene rings is 1. The van der Waals surface area contributed by atoms with Gasteiger partial charge in [-0.3, -0.25) is 9.78 Å². The van der Waals surface area contributed by atoms with E-state index in [4.69, 9.17) is 16.3 Å². The molecule has 0 aromatic carbocycles. The molecule has 0 radical (unpaired) electrons. The summed E-state index contributed by atoms with van der Waals surface area (Å²) in [7, 11) is 1.68. The predicted octanol–water partition coefficient (Wildman–Crippen LogP) is 3.77. The molecule has 0 spiro atoms. The molecule has 1 N–H and O–H groups in total. The lowest BCUT2D eigenvalue weighted by atomic mass is 10.1. The number of carbonyl (C=O) groups is 1. The van der Waals surface area contributed by atoms with Crippen LogP contribution in [0.25, 0.3) is 10.2 Å². The number of likely N-dealkylation sites (tertiary alicyclic amines) is 1. The Morgan fingerprint density at radius 1 is 1.43 bits per heavy atom. The van der Waals surface area contributed by atoms with E-state index in [-0.39, 0.29) is 18.1 Å². The Bertz CT molecular complexity index is 1010. The molecular weight excluding hydrogens is 398 g/mol. The van der Waals surface area contributed by atoms with E-state index < -0.39 is 0 Å². The van der Waals surface area contributed by atoms with Crippen LogP contribution in [0.5, 0.6) is 0 Å². The number of aromatic nitrogens is 3. The van der Waals surface area contributed by atoms with Gasteiger partial charge < -0.3 is 15.0 Å². The molecule has 7 nitrogen and oxygen atoms in total. The topological polar surface area (TPSA) is 80.2 Å². The van der Waals surface area contributed by atoms with Gasteiger partial charge in [-0.15, -0.1) is 11.3 Å². The van der Waals surface area contributed by atoms with Gasteiger partial charge in [0, 0.05) is 32.6 Å². The quantitative estimate of drug-likeness (QED) is 0.680. The molecule has 3 aromatic heterocycles. The Hall–Kier alpha value is -2.29. The van der Waals surface area contributed by atoms with Crippen LogP contribution in [0.2, 0.25) is 5.02 Å². The molecule has 0 bridgehead atoms. The van der Waals surface area contributed by atoms with E-state index in [0.29, 0.717) is 29.8 Å². The number of nitrogens with one attached hydrogen (secondary N) is 1. The number of ether oxygens (including phenoxy) is 1. The smallest absolute Gasteiger partial charge is 0.274 e. The van der Waals surface area contributed by atoms with Crippen molar-refractivity contribution in [2.24, 2.45) is 0 Å². The van der Waals surface area contributed by atoms with Gasteiger partial charge in [-0.1, -0.05) is 11.6 Å². The van der Waals surface area contributed by atoms with Crippen LogP contribution in [0, 0.1) is 0 Å². The largest absolute Gasteiger partial charge is 0.380 e. The van der Waals surface area contributed by atoms with Crippen LogP contribution in [-0.4, -0.2) is 52.1 Å². The van der Waals surface area contributed by atoms with E-state index in [1.54, 1.807) is 24.4 Å². The van der Waals surface area contributed by atoms with Gasteiger partial charge in [0.1, 0.15) is 0 Å². The molecule has 28 heavy (non-hydrogen) atoms. The van der Waals surface area contributed by atoms with Crippen LogP contribution in [0.15, 0.2) is 29.9 Å². The number of carbonyl (C=O) groups excluding carboxylic acids is 1. The van der Waals surface area contributed by atoms with E-state index in [2.05, 4.69) is 20.3 Å². The van der Waals surface area contributed by atoms with Gasteiger partial charge in [-0.2, -0.15) is 0 Å². The minimum Gasteiger partial charge on any atom is -0.380 e. The molecule has 1 aliphatic rings. The maximum atomic E-state index is 13.1. The monoisotopic (exact) mass is 417 g/mol. The standard InChI is InChI=1S/C19H20ClN5O2S/c1-11(12-7-13(20)9-21-8-12)22-19-23-15-4-6-28-17(15)16(24-19)18(26)25-5-3-14(10-25)27-2/h4,6-9,11,14H,3,5,10H2,1-2H3,(H,22,23,24). The van der Waals surface area contributed by atoms with E-state index in [1.807, 2.05) is 24.4 Å². The molecule has 3 aromatic rings. The highest BCUT2D eigenvalue weighted by atomic mass is 35.5. The van der Waals surface area contributed by atoms with Gasteiger partial charge in [0.15, 0.2) is 5.69 Å². The van der Waals surface area contributed by atoms with Crippen molar-refractivity contribution >= 4 is 45.0 Å². The molecule has 0 saturated carbocycles. The van der Waals surface area contributed by atoms with Crippen LogP contribution >= 0.6 is 22.9 Å². The SMILES string of the molecule is COC1CCN(C(=O)c2nc(NC(C)c3cncc(Cl)c3)nc3ccsc23)C1. The van der Waals surface area contributed by atoms with Gasteiger partial charge in [0.05, 0.1) is 27.4 Å². The zero-order chi connectivity index (χ0) is 19.7. The highest BCUT2D eigenvalue weighted by molar-refractivity contribution is 7.17. The number of rotatable bonds is 5. The van der Waals surface area contributed by atoms with Crippen molar-refractivity contribution in [3.05, 3.63) is 46.2 Å². The molecule has 146 valence electrons. The van der Waals surface area contributed by atoms with Crippen molar-refractivity contribution < 1.29 is 9.53 Å². The molecule has 1 saturated heterocycles. The number of pyridine rings is 1. The zero-order valence-electron chi connectivity index (χ0n) is 15.6. The molecule has 1 fully saturated rings. The first-order chi connectivity index (χ1) is 13.5. The lowest BCUT2D eigenvalue weighted by molar-refractivity contribution is 0.0721. The summed E-state index contributed by atoms with van der Waals surface area (Å²) in [6.45, 7) is 3.22. The predicted molar refractivity (Wildman–Crippen MR) is 110 cm³/mol. The molecule has 1 aliphatic heterocycles. The summed E-state index contributed by atoms with van der Waals surface area (Å²) in [6.07, 6.45) is 4.25. The van der Waals surface area contributed by atoms with Crippen molar-refractivity contribution in [1.82, 2.24) is 19.9 Å². The van der Waals surface area contributed by atoms with Crippen molar-refractivity contribution in [2.75, 3.05) is 25.5 Å². The van der Waals surface area contributed by atoms with Crippen LogP contribution in [-0.2, 0) is 4.74 Å². The minimum atomic E-state index is -0.116. The van der Waals surface area contributed by atoms with Crippen molar-refractivity contribution in [1.29, 1.82) is 0 Å². The number of fused-ring (bicyclic) bond motifs is 1. The second-order valence-electron chi connectivity index (χ2n) is 6.73. The first kappa shape index (κ1) is 19.0. The fourth-order valence-corrected chi connectivity index (χ4v) is 4.26. The van der Waals surface area contributed by atoms with Crippen LogP contribution < -0.4 is 5.32 Å². The van der Waals surface area contributed by atoms with E-state index >= 15 is 0 Å². The number of nitrogens with zero attached hydrogens (tertiary/aromatic N) is 4. The highest BCUT2D eigenvalue weighted by Crippen LogP contribution is 2.27. The molecular formula is C19H20ClN5O2S. The van der Waals surface area contributed by atoms with E-state index in [9.17, 15) is 4.79 Å². The first-order valence-corrected chi connectivity index (χ1v) is 10.2. The van der Waals surface area contributed by atoms with Crippen LogP contribution in [0.4, 0.5) is 5.95 Å². The maximum Gasteiger partial charge on any atom is 0.274 e. The molecule has 1 amide bonds. The van der Waals surface area contributed by atoms with Gasteiger partial charge in [-0.05, 0) is 36.4 Å². The van der Waals surface area contributed by atoms with Crippen molar-refractivity contribution in [3.8, 4) is 0 Å². The van der Waals surface area contributed by atoms with Gasteiger partial charge in [0.2, 0.25) is 5.95 Å². The zero-order valence-corrected chi connectivity index (χ0v) is 17.1. The molecule has 2 atom stereocenters. The third kappa shape index (κ3) is 3.80. The summed E-state index contributed by atoms with van der Waals surface area (Å²) in [4.78, 5) is 28.1. The second-order valence-corrected chi connectivity index (χ2v) is 8.08. The summed E-state index contributed by atoms with van der Waals surface area (Å²) in [5.74, 6) is 0.318. The number of hydrogen-bond donors (Lipinski definition) is 1. The molecule has 4 rings (SSSR count). The summed E-state index contributed by atoms with van der Waals surface area (Å²) in [5, 5.41) is 5.75. The third-order valence-corrected chi connectivity index (χ3v) is 5.96. The number of methoxy groups -OCH3 is 1. The molecule has 0 aliphatic carbocycles. The fraction of sp³-hybridized carbons (Fsp3) is 0.368. The molecule has 4 heterocycles. The Kier molecular flexibility index (Phi) is 5.43. The van der Waals surface area contributed by atoms with E-state index in [0.717, 1.165) is 22.2 Å². The average molecular weight is 418 g/mol. The number of anilines is 1. The average Bonchev–Trinajstić information content (AvgIpc) is 3.36. The lowest BCUT2D eigenvalue weighted by Crippen LogP contribution is -2.31.